The van der Waals surface area contributed by atoms with Crippen molar-refractivity contribution in [2.24, 2.45) is 11.8 Å². The van der Waals surface area contributed by atoms with Crippen LogP contribution in [0.2, 0.25) is 0 Å². The van der Waals surface area contributed by atoms with Crippen molar-refractivity contribution < 1.29 is 19.5 Å². The first kappa shape index (κ1) is 18.7. The summed E-state index contributed by atoms with van der Waals surface area (Å²) in [6.45, 7) is 7.10. The summed E-state index contributed by atoms with van der Waals surface area (Å²) in [6.07, 6.45) is 0. The zero-order valence-electron chi connectivity index (χ0n) is 13.9. The molecule has 0 radical (unpaired) electrons. The molecule has 0 aliphatic heterocycles. The predicted molar refractivity (Wildman–Crippen MR) is 87.1 cm³/mol. The summed E-state index contributed by atoms with van der Waals surface area (Å²) in [5.74, 6) is -2.49. The van der Waals surface area contributed by atoms with E-state index in [-0.39, 0.29) is 24.3 Å². The first-order valence-corrected chi connectivity index (χ1v) is 7.60. The van der Waals surface area contributed by atoms with E-state index in [1.807, 2.05) is 32.9 Å². The average Bonchev–Trinajstić information content (AvgIpc) is 2.49. The van der Waals surface area contributed by atoms with Crippen molar-refractivity contribution in [3.63, 3.8) is 0 Å². The van der Waals surface area contributed by atoms with Gasteiger partial charge in [-0.05, 0) is 25.0 Å². The molecule has 2 unspecified atom stereocenters. The number of aryl methyl sites for hydroxylation is 1. The number of hydrogen-bond donors (Lipinski definition) is 3. The Morgan fingerprint density at radius 3 is 2.13 bits per heavy atom. The average molecular weight is 320 g/mol. The number of carbonyl (C=O) groups is 3. The molecule has 6 heteroatoms. The quantitative estimate of drug-likeness (QED) is 0.711. The number of rotatable bonds is 7. The molecule has 2 atom stereocenters. The van der Waals surface area contributed by atoms with Crippen molar-refractivity contribution in [1.29, 1.82) is 0 Å². The predicted octanol–water partition coefficient (Wildman–Crippen LogP) is 1.59. The highest BCUT2D eigenvalue weighted by molar-refractivity contribution is 5.97. The van der Waals surface area contributed by atoms with E-state index in [1.54, 1.807) is 12.1 Å². The number of carboxylic acids is 1. The third-order valence-corrected chi connectivity index (χ3v) is 3.55. The van der Waals surface area contributed by atoms with Gasteiger partial charge in [0.25, 0.3) is 5.91 Å². The number of benzene rings is 1. The molecular formula is C17H24N2O4. The minimum atomic E-state index is -0.977. The van der Waals surface area contributed by atoms with Crippen molar-refractivity contribution in [2.75, 3.05) is 6.54 Å². The van der Waals surface area contributed by atoms with E-state index in [4.69, 9.17) is 5.11 Å². The Morgan fingerprint density at radius 2 is 1.65 bits per heavy atom. The number of carboxylic acid groups (broad SMARTS) is 1. The van der Waals surface area contributed by atoms with Gasteiger partial charge in [-0.3, -0.25) is 14.4 Å². The van der Waals surface area contributed by atoms with Gasteiger partial charge >= 0.3 is 5.97 Å². The zero-order chi connectivity index (χ0) is 17.6. The second-order valence-corrected chi connectivity index (χ2v) is 6.05. The Morgan fingerprint density at radius 1 is 1.09 bits per heavy atom. The van der Waals surface area contributed by atoms with Crippen LogP contribution in [0.3, 0.4) is 0 Å². The van der Waals surface area contributed by atoms with E-state index in [0.29, 0.717) is 5.56 Å². The molecule has 2 amide bonds. The van der Waals surface area contributed by atoms with Gasteiger partial charge in [0.15, 0.2) is 0 Å². The lowest BCUT2D eigenvalue weighted by atomic mass is 10.0. The second-order valence-electron chi connectivity index (χ2n) is 6.05. The Kier molecular flexibility index (Phi) is 6.75. The van der Waals surface area contributed by atoms with Crippen LogP contribution >= 0.6 is 0 Å². The molecule has 1 rings (SSSR count). The van der Waals surface area contributed by atoms with Crippen LogP contribution in [0.5, 0.6) is 0 Å². The highest BCUT2D eigenvalue weighted by Crippen LogP contribution is 2.07. The van der Waals surface area contributed by atoms with E-state index in [0.717, 1.165) is 5.56 Å². The van der Waals surface area contributed by atoms with Gasteiger partial charge < -0.3 is 15.7 Å². The van der Waals surface area contributed by atoms with Crippen molar-refractivity contribution in [2.45, 2.75) is 33.7 Å². The van der Waals surface area contributed by atoms with Gasteiger partial charge in [0.05, 0.1) is 5.92 Å². The Labute approximate surface area is 136 Å². The molecule has 0 aliphatic carbocycles. The first-order valence-electron chi connectivity index (χ1n) is 7.60. The molecule has 0 aliphatic rings. The van der Waals surface area contributed by atoms with Crippen LogP contribution in [0.4, 0.5) is 0 Å². The third kappa shape index (κ3) is 5.73. The van der Waals surface area contributed by atoms with Crippen LogP contribution in [0.25, 0.3) is 0 Å². The Hall–Kier alpha value is -2.37. The van der Waals surface area contributed by atoms with Crippen LogP contribution in [-0.4, -0.2) is 35.5 Å². The van der Waals surface area contributed by atoms with E-state index >= 15 is 0 Å². The molecule has 0 saturated heterocycles. The normalized spacial score (nSPS) is 13.3. The van der Waals surface area contributed by atoms with Gasteiger partial charge in [0.1, 0.15) is 6.04 Å². The maximum atomic E-state index is 12.2. The smallest absolute Gasteiger partial charge is 0.308 e. The molecular weight excluding hydrogens is 296 g/mol. The maximum absolute atomic E-state index is 12.2. The molecule has 23 heavy (non-hydrogen) atoms. The molecule has 0 heterocycles. The number of carbonyl (C=O) groups excluding carboxylic acids is 2. The second kappa shape index (κ2) is 8.31. The molecule has 0 bridgehead atoms. The number of hydrogen-bond acceptors (Lipinski definition) is 3. The third-order valence-electron chi connectivity index (χ3n) is 3.55. The molecule has 3 N–H and O–H groups in total. The Bertz CT molecular complexity index is 566. The van der Waals surface area contributed by atoms with Gasteiger partial charge in [0, 0.05) is 12.1 Å². The van der Waals surface area contributed by atoms with Crippen molar-refractivity contribution in [1.82, 2.24) is 10.6 Å². The molecule has 0 spiro atoms. The summed E-state index contributed by atoms with van der Waals surface area (Å²) in [7, 11) is 0. The van der Waals surface area contributed by atoms with Gasteiger partial charge in [-0.15, -0.1) is 0 Å². The summed E-state index contributed by atoms with van der Waals surface area (Å²) < 4.78 is 0. The fourth-order valence-electron chi connectivity index (χ4n) is 1.92. The van der Waals surface area contributed by atoms with Gasteiger partial charge in [-0.1, -0.05) is 38.5 Å². The summed E-state index contributed by atoms with van der Waals surface area (Å²) in [5.41, 5.74) is 1.52. The van der Waals surface area contributed by atoms with E-state index in [9.17, 15) is 14.4 Å². The van der Waals surface area contributed by atoms with Gasteiger partial charge in [0.2, 0.25) is 5.91 Å². The topological polar surface area (TPSA) is 95.5 Å². The molecule has 0 aromatic heterocycles. The standard InChI is InChI=1S/C17H24N2O4/c1-10(2)14(16(21)18-9-12(4)17(22)23)19-15(20)13-7-5-11(3)6-8-13/h5-8,10,12,14H,9H2,1-4H3,(H,18,21)(H,19,20)(H,22,23). The highest BCUT2D eigenvalue weighted by atomic mass is 16.4. The fourth-order valence-corrected chi connectivity index (χ4v) is 1.92. The molecule has 0 saturated carbocycles. The Balaban J connectivity index is 2.70. The maximum Gasteiger partial charge on any atom is 0.308 e. The summed E-state index contributed by atoms with van der Waals surface area (Å²) in [6, 6.07) is 6.34. The lowest BCUT2D eigenvalue weighted by Crippen LogP contribution is -2.50. The van der Waals surface area contributed by atoms with Gasteiger partial charge in [-0.2, -0.15) is 0 Å². The molecule has 6 nitrogen and oxygen atoms in total. The van der Waals surface area contributed by atoms with Crippen LogP contribution < -0.4 is 10.6 Å². The molecule has 1 aromatic carbocycles. The zero-order valence-corrected chi connectivity index (χ0v) is 13.9. The van der Waals surface area contributed by atoms with Crippen LogP contribution in [0.1, 0.15) is 36.7 Å². The van der Waals surface area contributed by atoms with Gasteiger partial charge in [-0.25, -0.2) is 0 Å². The number of amides is 2. The van der Waals surface area contributed by atoms with Crippen molar-refractivity contribution in [3.8, 4) is 0 Å². The highest BCUT2D eigenvalue weighted by Gasteiger charge is 2.25. The van der Waals surface area contributed by atoms with Crippen LogP contribution in [0, 0.1) is 18.8 Å². The lowest BCUT2D eigenvalue weighted by Gasteiger charge is -2.22. The van der Waals surface area contributed by atoms with E-state index in [1.165, 1.54) is 6.92 Å². The summed E-state index contributed by atoms with van der Waals surface area (Å²) >= 11 is 0. The van der Waals surface area contributed by atoms with E-state index < -0.39 is 17.9 Å². The lowest BCUT2D eigenvalue weighted by molar-refractivity contribution is -0.141. The van der Waals surface area contributed by atoms with Crippen molar-refractivity contribution >= 4 is 17.8 Å². The monoisotopic (exact) mass is 320 g/mol. The molecule has 0 fully saturated rings. The molecule has 1 aromatic rings. The fraction of sp³-hybridized carbons (Fsp3) is 0.471. The number of nitrogens with one attached hydrogen (secondary N) is 2. The largest absolute Gasteiger partial charge is 0.481 e. The van der Waals surface area contributed by atoms with E-state index in [2.05, 4.69) is 10.6 Å². The van der Waals surface area contributed by atoms with Crippen LogP contribution in [0.15, 0.2) is 24.3 Å². The molecule has 126 valence electrons. The SMILES string of the molecule is Cc1ccc(C(=O)NC(C(=O)NCC(C)C(=O)O)C(C)C)cc1. The number of aliphatic carboxylic acids is 1. The minimum Gasteiger partial charge on any atom is -0.481 e. The van der Waals surface area contributed by atoms with Crippen LogP contribution in [-0.2, 0) is 9.59 Å². The first-order chi connectivity index (χ1) is 10.7. The summed E-state index contributed by atoms with van der Waals surface area (Å²) in [4.78, 5) is 35.2. The summed E-state index contributed by atoms with van der Waals surface area (Å²) in [5, 5.41) is 14.1. The minimum absolute atomic E-state index is 0.0256. The van der Waals surface area contributed by atoms with Crippen molar-refractivity contribution in [3.05, 3.63) is 35.4 Å².